The fourth-order valence-corrected chi connectivity index (χ4v) is 2.87. The Hall–Kier alpha value is -2.32. The van der Waals surface area contributed by atoms with E-state index >= 15 is 0 Å². The number of hydrogen-bond acceptors (Lipinski definition) is 2. The first-order chi connectivity index (χ1) is 11.4. The van der Waals surface area contributed by atoms with Gasteiger partial charge in [-0.15, -0.1) is 0 Å². The smallest absolute Gasteiger partial charge is 0.107 e. The molecule has 3 aromatic rings. The molecule has 0 aliphatic heterocycles. The van der Waals surface area contributed by atoms with Crippen molar-refractivity contribution in [1.29, 1.82) is 0 Å². The van der Waals surface area contributed by atoms with Crippen LogP contribution in [0.2, 0.25) is 0 Å². The normalized spacial score (nSPS) is 12.2. The van der Waals surface area contributed by atoms with Crippen LogP contribution in [0.1, 0.15) is 29.2 Å². The summed E-state index contributed by atoms with van der Waals surface area (Å²) in [6.45, 7) is 1.89. The Balaban J connectivity index is 1.54. The maximum atomic E-state index is 5.66. The minimum absolute atomic E-state index is 0.413. The van der Waals surface area contributed by atoms with E-state index in [1.807, 2.05) is 6.07 Å². The second kappa shape index (κ2) is 8.35. The lowest BCUT2D eigenvalue weighted by atomic mass is 9.94. The van der Waals surface area contributed by atoms with Gasteiger partial charge in [-0.2, -0.15) is 0 Å². The number of hydrogen-bond donors (Lipinski definition) is 1. The highest BCUT2D eigenvalue weighted by atomic mass is 16.3. The predicted octanol–water partition coefficient (Wildman–Crippen LogP) is 4.79. The molecule has 1 aromatic heterocycles. The topological polar surface area (TPSA) is 25.2 Å². The molecule has 2 nitrogen and oxygen atoms in total. The number of furan rings is 1. The van der Waals surface area contributed by atoms with Gasteiger partial charge >= 0.3 is 0 Å². The molecule has 1 heterocycles. The summed E-state index contributed by atoms with van der Waals surface area (Å²) in [6, 6.07) is 25.2. The molecule has 1 atom stereocenters. The Morgan fingerprint density at radius 3 is 2.13 bits per heavy atom. The van der Waals surface area contributed by atoms with Crippen LogP contribution in [-0.2, 0) is 13.0 Å². The summed E-state index contributed by atoms with van der Waals surface area (Å²) >= 11 is 0. The maximum Gasteiger partial charge on any atom is 0.107 e. The molecule has 0 fully saturated rings. The predicted molar refractivity (Wildman–Crippen MR) is 94.4 cm³/mol. The fraction of sp³-hybridized carbons (Fsp3) is 0.238. The van der Waals surface area contributed by atoms with Crippen LogP contribution >= 0.6 is 0 Å². The molecule has 1 N–H and O–H groups in total. The largest absolute Gasteiger partial charge is 0.469 e. The molecule has 0 bridgehead atoms. The summed E-state index contributed by atoms with van der Waals surface area (Å²) in [5.41, 5.74) is 2.68. The Bertz CT molecular complexity index is 662. The molecule has 0 unspecified atom stereocenters. The van der Waals surface area contributed by atoms with Gasteiger partial charge in [0, 0.05) is 12.5 Å². The molecule has 23 heavy (non-hydrogen) atoms. The van der Waals surface area contributed by atoms with E-state index in [0.717, 1.165) is 31.7 Å². The van der Waals surface area contributed by atoms with E-state index in [2.05, 4.69) is 72.0 Å². The molecule has 0 saturated carbocycles. The molecule has 3 rings (SSSR count). The van der Waals surface area contributed by atoms with Crippen molar-refractivity contribution in [3.05, 3.63) is 95.9 Å². The standard InChI is InChI=1S/C21H23NO/c1-3-8-18(9-4-1)16-20(21-12-7-15-23-21)13-14-22-17-19-10-5-2-6-11-19/h1-12,15,20,22H,13-14,16-17H2/t20-/m1/s1. The molecule has 2 aromatic carbocycles. The Labute approximate surface area is 138 Å². The molecule has 118 valence electrons. The van der Waals surface area contributed by atoms with Crippen molar-refractivity contribution in [1.82, 2.24) is 5.32 Å². The molecule has 0 amide bonds. The molecular weight excluding hydrogens is 282 g/mol. The van der Waals surface area contributed by atoms with Gasteiger partial charge in [-0.25, -0.2) is 0 Å². The van der Waals surface area contributed by atoms with Crippen LogP contribution in [0.25, 0.3) is 0 Å². The van der Waals surface area contributed by atoms with Gasteiger partial charge in [0.2, 0.25) is 0 Å². The van der Waals surface area contributed by atoms with Crippen LogP contribution in [-0.4, -0.2) is 6.54 Å². The van der Waals surface area contributed by atoms with Crippen molar-refractivity contribution < 1.29 is 4.42 Å². The first-order valence-corrected chi connectivity index (χ1v) is 8.24. The Morgan fingerprint density at radius 1 is 0.783 bits per heavy atom. The van der Waals surface area contributed by atoms with Crippen molar-refractivity contribution in [3.63, 3.8) is 0 Å². The molecule has 0 spiro atoms. The van der Waals surface area contributed by atoms with Gasteiger partial charge in [0.25, 0.3) is 0 Å². The monoisotopic (exact) mass is 305 g/mol. The average Bonchev–Trinajstić information content (AvgIpc) is 3.14. The summed E-state index contributed by atoms with van der Waals surface area (Å²) in [5, 5.41) is 3.54. The van der Waals surface area contributed by atoms with E-state index in [4.69, 9.17) is 4.42 Å². The Morgan fingerprint density at radius 2 is 1.48 bits per heavy atom. The summed E-state index contributed by atoms with van der Waals surface area (Å²) < 4.78 is 5.66. The van der Waals surface area contributed by atoms with Gasteiger partial charge in [0.1, 0.15) is 5.76 Å². The average molecular weight is 305 g/mol. The SMILES string of the molecule is c1ccc(CNCC[C@H](Cc2ccccc2)c2ccco2)cc1. The maximum absolute atomic E-state index is 5.66. The highest BCUT2D eigenvalue weighted by Crippen LogP contribution is 2.24. The van der Waals surface area contributed by atoms with Crippen molar-refractivity contribution in [2.45, 2.75) is 25.3 Å². The third-order valence-corrected chi connectivity index (χ3v) is 4.11. The highest BCUT2D eigenvalue weighted by Gasteiger charge is 2.14. The van der Waals surface area contributed by atoms with Crippen LogP contribution in [0.5, 0.6) is 0 Å². The van der Waals surface area contributed by atoms with Gasteiger partial charge in [-0.1, -0.05) is 60.7 Å². The van der Waals surface area contributed by atoms with E-state index in [9.17, 15) is 0 Å². The minimum atomic E-state index is 0.413. The van der Waals surface area contributed by atoms with Crippen molar-refractivity contribution in [2.75, 3.05) is 6.54 Å². The number of benzene rings is 2. The fourth-order valence-electron chi connectivity index (χ4n) is 2.87. The van der Waals surface area contributed by atoms with Crippen LogP contribution in [0, 0.1) is 0 Å². The van der Waals surface area contributed by atoms with Gasteiger partial charge in [-0.05, 0) is 42.6 Å². The van der Waals surface area contributed by atoms with E-state index < -0.39 is 0 Å². The number of rotatable bonds is 8. The molecule has 2 heteroatoms. The van der Waals surface area contributed by atoms with Crippen LogP contribution in [0.3, 0.4) is 0 Å². The summed E-state index contributed by atoms with van der Waals surface area (Å²) in [5.74, 6) is 1.49. The molecular formula is C21H23NO. The van der Waals surface area contributed by atoms with Crippen LogP contribution < -0.4 is 5.32 Å². The van der Waals surface area contributed by atoms with E-state index in [1.54, 1.807) is 6.26 Å². The summed E-state index contributed by atoms with van der Waals surface area (Å²) in [4.78, 5) is 0. The second-order valence-electron chi connectivity index (χ2n) is 5.85. The van der Waals surface area contributed by atoms with Gasteiger partial charge in [-0.3, -0.25) is 0 Å². The van der Waals surface area contributed by atoms with E-state index in [0.29, 0.717) is 5.92 Å². The summed E-state index contributed by atoms with van der Waals surface area (Å²) in [6.07, 6.45) is 3.85. The zero-order valence-electron chi connectivity index (χ0n) is 13.3. The lowest BCUT2D eigenvalue weighted by Crippen LogP contribution is -2.18. The second-order valence-corrected chi connectivity index (χ2v) is 5.85. The zero-order chi connectivity index (χ0) is 15.7. The third-order valence-electron chi connectivity index (χ3n) is 4.11. The highest BCUT2D eigenvalue weighted by molar-refractivity contribution is 5.19. The lowest BCUT2D eigenvalue weighted by molar-refractivity contribution is 0.436. The van der Waals surface area contributed by atoms with Crippen molar-refractivity contribution in [3.8, 4) is 0 Å². The number of nitrogens with one attached hydrogen (secondary N) is 1. The van der Waals surface area contributed by atoms with Crippen molar-refractivity contribution in [2.24, 2.45) is 0 Å². The van der Waals surface area contributed by atoms with E-state index in [1.165, 1.54) is 11.1 Å². The van der Waals surface area contributed by atoms with Crippen molar-refractivity contribution >= 4 is 0 Å². The van der Waals surface area contributed by atoms with E-state index in [-0.39, 0.29) is 0 Å². The molecule has 0 aliphatic carbocycles. The van der Waals surface area contributed by atoms with Crippen LogP contribution in [0.4, 0.5) is 0 Å². The van der Waals surface area contributed by atoms with Gasteiger partial charge < -0.3 is 9.73 Å². The minimum Gasteiger partial charge on any atom is -0.469 e. The van der Waals surface area contributed by atoms with Gasteiger partial charge in [0.15, 0.2) is 0 Å². The van der Waals surface area contributed by atoms with Gasteiger partial charge in [0.05, 0.1) is 6.26 Å². The Kier molecular flexibility index (Phi) is 5.65. The first kappa shape index (κ1) is 15.6. The summed E-state index contributed by atoms with van der Waals surface area (Å²) in [7, 11) is 0. The molecule has 0 aliphatic rings. The zero-order valence-corrected chi connectivity index (χ0v) is 13.3. The molecule has 0 saturated heterocycles. The van der Waals surface area contributed by atoms with Crippen LogP contribution in [0.15, 0.2) is 83.5 Å². The lowest BCUT2D eigenvalue weighted by Gasteiger charge is -2.15. The first-order valence-electron chi connectivity index (χ1n) is 8.24. The molecule has 0 radical (unpaired) electrons. The third kappa shape index (κ3) is 4.83. The quantitative estimate of drug-likeness (QED) is 0.606.